The summed E-state index contributed by atoms with van der Waals surface area (Å²) in [6.07, 6.45) is -0.639. The molecule has 0 aliphatic carbocycles. The molecule has 1 heterocycles. The Kier molecular flexibility index (Phi) is 5.30. The molecule has 142 valence electrons. The summed E-state index contributed by atoms with van der Waals surface area (Å²) in [7, 11) is 0. The number of aliphatic hydroxyl groups is 1. The molecule has 1 unspecified atom stereocenters. The molecule has 1 atom stereocenters. The standard InChI is InChI=1S/C21H24N2O4/c1-21(2,3)22-12-15(24)13-27-16-10-8-14(9-11-16)23-19(25)17-6-4-5-7-18(17)20(23)26/h4-11,15,22,24H,12-13H2,1-3H3. The molecular weight excluding hydrogens is 344 g/mol. The molecule has 6 heteroatoms. The Morgan fingerprint density at radius 1 is 1.00 bits per heavy atom. The van der Waals surface area contributed by atoms with Gasteiger partial charge in [0.25, 0.3) is 11.8 Å². The Balaban J connectivity index is 1.61. The van der Waals surface area contributed by atoms with Gasteiger partial charge in [-0.25, -0.2) is 4.90 Å². The normalized spacial score (nSPS) is 15.0. The van der Waals surface area contributed by atoms with Crippen molar-refractivity contribution in [3.8, 4) is 5.75 Å². The number of β-amino-alcohol motifs (C(OH)–C–C–N with tert-alkyl or cyclic N) is 1. The highest BCUT2D eigenvalue weighted by atomic mass is 16.5. The fourth-order valence-electron chi connectivity index (χ4n) is 2.79. The van der Waals surface area contributed by atoms with Crippen molar-refractivity contribution in [2.75, 3.05) is 18.1 Å². The van der Waals surface area contributed by atoms with Gasteiger partial charge in [-0.05, 0) is 57.2 Å². The smallest absolute Gasteiger partial charge is 0.266 e. The van der Waals surface area contributed by atoms with Crippen LogP contribution in [-0.4, -0.2) is 41.7 Å². The number of amides is 2. The average molecular weight is 368 g/mol. The van der Waals surface area contributed by atoms with Crippen LogP contribution < -0.4 is 15.0 Å². The molecule has 0 saturated carbocycles. The van der Waals surface area contributed by atoms with E-state index in [0.29, 0.717) is 29.1 Å². The van der Waals surface area contributed by atoms with E-state index in [-0.39, 0.29) is 24.0 Å². The molecule has 3 rings (SSSR count). The number of benzene rings is 2. The minimum atomic E-state index is -0.639. The van der Waals surface area contributed by atoms with Crippen molar-refractivity contribution in [1.82, 2.24) is 5.32 Å². The van der Waals surface area contributed by atoms with Crippen LogP contribution in [0.25, 0.3) is 0 Å². The van der Waals surface area contributed by atoms with Gasteiger partial charge in [-0.15, -0.1) is 0 Å². The first kappa shape index (κ1) is 19.1. The van der Waals surface area contributed by atoms with Crippen molar-refractivity contribution in [3.05, 3.63) is 59.7 Å². The second-order valence-corrected chi connectivity index (χ2v) is 7.58. The van der Waals surface area contributed by atoms with Crippen molar-refractivity contribution in [2.24, 2.45) is 0 Å². The molecule has 2 N–H and O–H groups in total. The Labute approximate surface area is 158 Å². The topological polar surface area (TPSA) is 78.9 Å². The van der Waals surface area contributed by atoms with Gasteiger partial charge in [0, 0.05) is 12.1 Å². The van der Waals surface area contributed by atoms with Gasteiger partial charge in [-0.3, -0.25) is 9.59 Å². The van der Waals surface area contributed by atoms with E-state index in [9.17, 15) is 14.7 Å². The Bertz CT molecular complexity index is 805. The van der Waals surface area contributed by atoms with Crippen LogP contribution in [0, 0.1) is 0 Å². The number of nitrogens with zero attached hydrogens (tertiary/aromatic N) is 1. The summed E-state index contributed by atoms with van der Waals surface area (Å²) in [5.41, 5.74) is 1.24. The molecule has 0 aromatic heterocycles. The largest absolute Gasteiger partial charge is 0.491 e. The van der Waals surface area contributed by atoms with E-state index < -0.39 is 6.10 Å². The van der Waals surface area contributed by atoms with Gasteiger partial charge >= 0.3 is 0 Å². The van der Waals surface area contributed by atoms with E-state index in [0.717, 1.165) is 4.90 Å². The first-order chi connectivity index (χ1) is 12.8. The maximum absolute atomic E-state index is 12.5. The van der Waals surface area contributed by atoms with Crippen LogP contribution in [0.3, 0.4) is 0 Å². The second kappa shape index (κ2) is 7.50. The molecule has 0 radical (unpaired) electrons. The van der Waals surface area contributed by atoms with E-state index in [4.69, 9.17) is 4.74 Å². The third kappa shape index (κ3) is 4.35. The first-order valence-corrected chi connectivity index (χ1v) is 8.90. The molecular formula is C21H24N2O4. The fourth-order valence-corrected chi connectivity index (χ4v) is 2.79. The van der Waals surface area contributed by atoms with Crippen LogP contribution in [0.1, 0.15) is 41.5 Å². The number of carbonyl (C=O) groups is 2. The van der Waals surface area contributed by atoms with Crippen LogP contribution in [0.2, 0.25) is 0 Å². The lowest BCUT2D eigenvalue weighted by molar-refractivity contribution is 0.0926. The van der Waals surface area contributed by atoms with Gasteiger partial charge in [-0.1, -0.05) is 12.1 Å². The monoisotopic (exact) mass is 368 g/mol. The SMILES string of the molecule is CC(C)(C)NCC(O)COc1ccc(N2C(=O)c3ccccc3C2=O)cc1. The number of carbonyl (C=O) groups excluding carboxylic acids is 2. The van der Waals surface area contributed by atoms with Gasteiger partial charge in [-0.2, -0.15) is 0 Å². The summed E-state index contributed by atoms with van der Waals surface area (Å²) >= 11 is 0. The highest BCUT2D eigenvalue weighted by Gasteiger charge is 2.36. The van der Waals surface area contributed by atoms with Crippen molar-refractivity contribution in [3.63, 3.8) is 0 Å². The number of ether oxygens (including phenoxy) is 1. The lowest BCUT2D eigenvalue weighted by Crippen LogP contribution is -2.42. The summed E-state index contributed by atoms with van der Waals surface area (Å²) in [5, 5.41) is 13.2. The average Bonchev–Trinajstić information content (AvgIpc) is 2.89. The fraction of sp³-hybridized carbons (Fsp3) is 0.333. The molecule has 2 aromatic rings. The minimum Gasteiger partial charge on any atom is -0.491 e. The predicted octanol–water partition coefficient (Wildman–Crippen LogP) is 2.62. The zero-order chi connectivity index (χ0) is 19.6. The quantitative estimate of drug-likeness (QED) is 0.767. The second-order valence-electron chi connectivity index (χ2n) is 7.58. The van der Waals surface area contributed by atoms with Crippen molar-refractivity contribution in [2.45, 2.75) is 32.4 Å². The summed E-state index contributed by atoms with van der Waals surface area (Å²) in [6.45, 7) is 6.65. The number of rotatable bonds is 6. The molecule has 0 spiro atoms. The third-order valence-electron chi connectivity index (χ3n) is 4.20. The van der Waals surface area contributed by atoms with Crippen LogP contribution in [-0.2, 0) is 0 Å². The van der Waals surface area contributed by atoms with E-state index in [1.54, 1.807) is 48.5 Å². The molecule has 1 aliphatic heterocycles. The number of aliphatic hydroxyl groups excluding tert-OH is 1. The number of nitrogens with one attached hydrogen (secondary N) is 1. The first-order valence-electron chi connectivity index (χ1n) is 8.90. The predicted molar refractivity (Wildman–Crippen MR) is 103 cm³/mol. The number of imide groups is 1. The molecule has 0 bridgehead atoms. The summed E-state index contributed by atoms with van der Waals surface area (Å²) < 4.78 is 5.59. The lowest BCUT2D eigenvalue weighted by atomic mass is 10.1. The third-order valence-corrected chi connectivity index (χ3v) is 4.20. The van der Waals surface area contributed by atoms with Crippen LogP contribution in [0.5, 0.6) is 5.75 Å². The van der Waals surface area contributed by atoms with Crippen LogP contribution in [0.15, 0.2) is 48.5 Å². The van der Waals surface area contributed by atoms with Crippen LogP contribution >= 0.6 is 0 Å². The molecule has 2 amide bonds. The summed E-state index contributed by atoms with van der Waals surface area (Å²) in [5.74, 6) is -0.0916. The zero-order valence-corrected chi connectivity index (χ0v) is 15.7. The number of hydrogen-bond donors (Lipinski definition) is 2. The van der Waals surface area contributed by atoms with Crippen LogP contribution in [0.4, 0.5) is 5.69 Å². The van der Waals surface area contributed by atoms with Gasteiger partial charge in [0.1, 0.15) is 18.5 Å². The van der Waals surface area contributed by atoms with E-state index in [1.807, 2.05) is 20.8 Å². The van der Waals surface area contributed by atoms with Crippen molar-refractivity contribution in [1.29, 1.82) is 0 Å². The van der Waals surface area contributed by atoms with Crippen molar-refractivity contribution < 1.29 is 19.4 Å². The number of fused-ring (bicyclic) bond motifs is 1. The number of anilines is 1. The number of hydrogen-bond acceptors (Lipinski definition) is 5. The Hall–Kier alpha value is -2.70. The highest BCUT2D eigenvalue weighted by Crippen LogP contribution is 2.29. The van der Waals surface area contributed by atoms with E-state index in [1.165, 1.54) is 0 Å². The lowest BCUT2D eigenvalue weighted by Gasteiger charge is -2.23. The molecule has 2 aromatic carbocycles. The molecule has 1 aliphatic rings. The van der Waals surface area contributed by atoms with E-state index >= 15 is 0 Å². The Morgan fingerprint density at radius 3 is 2.07 bits per heavy atom. The summed E-state index contributed by atoms with van der Waals surface area (Å²) in [6, 6.07) is 13.5. The van der Waals surface area contributed by atoms with Gasteiger partial charge in [0.15, 0.2) is 0 Å². The van der Waals surface area contributed by atoms with Crippen molar-refractivity contribution >= 4 is 17.5 Å². The van der Waals surface area contributed by atoms with Gasteiger partial charge < -0.3 is 15.2 Å². The molecule has 0 saturated heterocycles. The maximum Gasteiger partial charge on any atom is 0.266 e. The van der Waals surface area contributed by atoms with Gasteiger partial charge in [0.2, 0.25) is 0 Å². The maximum atomic E-state index is 12.5. The molecule has 0 fully saturated rings. The Morgan fingerprint density at radius 2 is 1.56 bits per heavy atom. The minimum absolute atomic E-state index is 0.0744. The molecule has 6 nitrogen and oxygen atoms in total. The molecule has 27 heavy (non-hydrogen) atoms. The van der Waals surface area contributed by atoms with Gasteiger partial charge in [0.05, 0.1) is 16.8 Å². The highest BCUT2D eigenvalue weighted by molar-refractivity contribution is 6.34. The summed E-state index contributed by atoms with van der Waals surface area (Å²) in [4.78, 5) is 26.2. The zero-order valence-electron chi connectivity index (χ0n) is 15.7. The van der Waals surface area contributed by atoms with E-state index in [2.05, 4.69) is 5.32 Å².